The van der Waals surface area contributed by atoms with E-state index >= 15 is 0 Å². The third kappa shape index (κ3) is 5.87. The Kier molecular flexibility index (Phi) is 7.63. The topological polar surface area (TPSA) is 101 Å². The van der Waals surface area contributed by atoms with Crippen LogP contribution >= 0.6 is 0 Å². The molecule has 0 aromatic carbocycles. The number of nitrogens with zero attached hydrogens (tertiary/aromatic N) is 3. The van der Waals surface area contributed by atoms with Gasteiger partial charge in [0.25, 0.3) is 0 Å². The predicted octanol–water partition coefficient (Wildman–Crippen LogP) is 3.21. The highest BCUT2D eigenvalue weighted by atomic mass is 28.4. The number of carbonyl (C=O) groups excluding carboxylic acids is 2. The second kappa shape index (κ2) is 8.16. The van der Waals surface area contributed by atoms with Crippen LogP contribution in [0.5, 0.6) is 0 Å². The minimum Gasteiger partial charge on any atom is -0.469 e. The van der Waals surface area contributed by atoms with Gasteiger partial charge in [0.05, 0.1) is 13.2 Å². The summed E-state index contributed by atoms with van der Waals surface area (Å²) in [5, 5.41) is 3.44. The Morgan fingerprint density at radius 2 is 2.00 bits per heavy atom. The van der Waals surface area contributed by atoms with Crippen LogP contribution < -0.4 is 0 Å². The van der Waals surface area contributed by atoms with E-state index in [-0.39, 0.29) is 11.5 Å². The third-order valence-corrected chi connectivity index (χ3v) is 8.30. The van der Waals surface area contributed by atoms with Crippen LogP contribution in [0, 0.1) is 0 Å². The SMILES string of the molecule is COC(=O)[C@@H](N=[N+]=[N-])[C@@H](CCC=O)O[Si](C)(C)C(C)(C)C. The molecular formula is C13H25N3O4Si. The van der Waals surface area contributed by atoms with Gasteiger partial charge < -0.3 is 14.0 Å². The van der Waals surface area contributed by atoms with Crippen molar-refractivity contribution in [1.29, 1.82) is 0 Å². The van der Waals surface area contributed by atoms with Gasteiger partial charge in [-0.1, -0.05) is 25.9 Å². The molecule has 0 fully saturated rings. The summed E-state index contributed by atoms with van der Waals surface area (Å²) in [6.07, 6.45) is 0.647. The number of rotatable bonds is 8. The molecule has 0 unspecified atom stereocenters. The van der Waals surface area contributed by atoms with E-state index in [4.69, 9.17) is 9.96 Å². The lowest BCUT2D eigenvalue weighted by molar-refractivity contribution is -0.144. The minimum absolute atomic E-state index is 0.0660. The molecule has 7 nitrogen and oxygen atoms in total. The Balaban J connectivity index is 5.39. The van der Waals surface area contributed by atoms with Crippen LogP contribution in [-0.4, -0.2) is 39.8 Å². The maximum Gasteiger partial charge on any atom is 0.317 e. The third-order valence-electron chi connectivity index (χ3n) is 3.79. The molecule has 0 saturated heterocycles. The van der Waals surface area contributed by atoms with Crippen LogP contribution in [0.1, 0.15) is 33.6 Å². The van der Waals surface area contributed by atoms with Gasteiger partial charge in [0.15, 0.2) is 14.4 Å². The van der Waals surface area contributed by atoms with Crippen LogP contribution in [0.4, 0.5) is 0 Å². The van der Waals surface area contributed by atoms with E-state index in [0.717, 1.165) is 6.29 Å². The Hall–Kier alpha value is -1.37. The highest BCUT2D eigenvalue weighted by Crippen LogP contribution is 2.38. The highest BCUT2D eigenvalue weighted by molar-refractivity contribution is 6.74. The van der Waals surface area contributed by atoms with Crippen LogP contribution in [0.15, 0.2) is 5.11 Å². The van der Waals surface area contributed by atoms with E-state index in [1.165, 1.54) is 7.11 Å². The molecule has 120 valence electrons. The largest absolute Gasteiger partial charge is 0.469 e. The zero-order chi connectivity index (χ0) is 16.7. The van der Waals surface area contributed by atoms with Crippen molar-refractivity contribution < 1.29 is 18.8 Å². The highest BCUT2D eigenvalue weighted by Gasteiger charge is 2.42. The molecule has 0 amide bonds. The van der Waals surface area contributed by atoms with Crippen molar-refractivity contribution in [2.24, 2.45) is 5.11 Å². The zero-order valence-electron chi connectivity index (χ0n) is 13.6. The fraction of sp³-hybridized carbons (Fsp3) is 0.846. The summed E-state index contributed by atoms with van der Waals surface area (Å²) in [6.45, 7) is 10.3. The van der Waals surface area contributed by atoms with Gasteiger partial charge in [-0.2, -0.15) is 0 Å². The van der Waals surface area contributed by atoms with Crippen LogP contribution in [0.3, 0.4) is 0 Å². The first kappa shape index (κ1) is 19.6. The molecular weight excluding hydrogens is 290 g/mol. The standard InChI is InChI=1S/C13H25N3O4Si/c1-13(2,3)21(5,6)20-10(8-7-9-17)11(15-16-14)12(18)19-4/h9-11H,7-8H2,1-6H3/t10-,11+/m1/s1. The predicted molar refractivity (Wildman–Crippen MR) is 82.3 cm³/mol. The van der Waals surface area contributed by atoms with Crippen molar-refractivity contribution in [3.05, 3.63) is 10.4 Å². The van der Waals surface area contributed by atoms with E-state index in [1.807, 2.05) is 13.1 Å². The average Bonchev–Trinajstić information content (AvgIpc) is 2.38. The molecule has 0 N–H and O–H groups in total. The maximum absolute atomic E-state index is 11.8. The van der Waals surface area contributed by atoms with E-state index in [0.29, 0.717) is 6.42 Å². The van der Waals surface area contributed by atoms with Crippen LogP contribution in [-0.2, 0) is 18.8 Å². The number of methoxy groups -OCH3 is 1. The van der Waals surface area contributed by atoms with Gasteiger partial charge >= 0.3 is 5.97 Å². The Morgan fingerprint density at radius 1 is 1.43 bits per heavy atom. The van der Waals surface area contributed by atoms with E-state index in [2.05, 4.69) is 35.5 Å². The molecule has 8 heteroatoms. The summed E-state index contributed by atoms with van der Waals surface area (Å²) in [6, 6.07) is -1.07. The number of esters is 1. The van der Waals surface area contributed by atoms with Gasteiger partial charge in [-0.05, 0) is 30.1 Å². The molecule has 0 aliphatic carbocycles. The molecule has 0 spiro atoms. The number of azide groups is 1. The van der Waals surface area contributed by atoms with Gasteiger partial charge in [-0.25, -0.2) is 0 Å². The van der Waals surface area contributed by atoms with E-state index < -0.39 is 26.4 Å². The van der Waals surface area contributed by atoms with Crippen molar-refractivity contribution in [2.45, 2.75) is 63.9 Å². The summed E-state index contributed by atoms with van der Waals surface area (Å²) >= 11 is 0. The smallest absolute Gasteiger partial charge is 0.317 e. The molecule has 0 bridgehead atoms. The lowest BCUT2D eigenvalue weighted by atomic mass is 10.1. The molecule has 0 aromatic rings. The summed E-state index contributed by atoms with van der Waals surface area (Å²) in [5.41, 5.74) is 8.65. The first-order chi connectivity index (χ1) is 9.60. The monoisotopic (exact) mass is 315 g/mol. The van der Waals surface area contributed by atoms with Gasteiger partial charge in [-0.15, -0.1) is 0 Å². The van der Waals surface area contributed by atoms with Gasteiger partial charge in [0.1, 0.15) is 6.29 Å². The minimum atomic E-state index is -2.18. The Morgan fingerprint density at radius 3 is 2.38 bits per heavy atom. The molecule has 0 saturated carbocycles. The van der Waals surface area contributed by atoms with Crippen molar-refractivity contribution in [3.63, 3.8) is 0 Å². The lowest BCUT2D eigenvalue weighted by Gasteiger charge is -2.40. The second-order valence-electron chi connectivity index (χ2n) is 6.33. The molecule has 0 aromatic heterocycles. The normalized spacial score (nSPS) is 14.8. The number of aldehydes is 1. The Bertz CT molecular complexity index is 414. The van der Waals surface area contributed by atoms with Gasteiger partial charge in [-0.3, -0.25) is 4.79 Å². The molecule has 21 heavy (non-hydrogen) atoms. The van der Waals surface area contributed by atoms with Crippen LogP contribution in [0.25, 0.3) is 10.4 Å². The molecule has 0 aliphatic rings. The summed E-state index contributed by atoms with van der Waals surface area (Å²) < 4.78 is 10.8. The van der Waals surface area contributed by atoms with Crippen molar-refractivity contribution >= 4 is 20.6 Å². The average molecular weight is 315 g/mol. The van der Waals surface area contributed by atoms with Gasteiger partial charge in [0, 0.05) is 11.3 Å². The first-order valence-electron chi connectivity index (χ1n) is 6.84. The van der Waals surface area contributed by atoms with E-state index in [9.17, 15) is 9.59 Å². The number of hydrogen-bond acceptors (Lipinski definition) is 5. The van der Waals surface area contributed by atoms with E-state index in [1.54, 1.807) is 0 Å². The molecule has 0 aliphatic heterocycles. The fourth-order valence-electron chi connectivity index (χ4n) is 1.52. The molecule has 0 rings (SSSR count). The Labute approximate surface area is 126 Å². The lowest BCUT2D eigenvalue weighted by Crippen LogP contribution is -2.48. The molecule has 0 radical (unpaired) electrons. The zero-order valence-corrected chi connectivity index (χ0v) is 14.6. The fourth-order valence-corrected chi connectivity index (χ4v) is 2.88. The van der Waals surface area contributed by atoms with Crippen LogP contribution in [0.2, 0.25) is 18.1 Å². The first-order valence-corrected chi connectivity index (χ1v) is 9.75. The van der Waals surface area contributed by atoms with Crippen molar-refractivity contribution in [2.75, 3.05) is 7.11 Å². The van der Waals surface area contributed by atoms with Gasteiger partial charge in [0.2, 0.25) is 0 Å². The second-order valence-corrected chi connectivity index (χ2v) is 11.1. The quantitative estimate of drug-likeness (QED) is 0.171. The summed E-state index contributed by atoms with van der Waals surface area (Å²) in [7, 11) is -0.948. The summed E-state index contributed by atoms with van der Waals surface area (Å²) in [5.74, 6) is -0.651. The number of ether oxygens (including phenoxy) is 1. The number of carbonyl (C=O) groups is 2. The van der Waals surface area contributed by atoms with Crippen molar-refractivity contribution in [3.8, 4) is 0 Å². The maximum atomic E-state index is 11.8. The molecule has 2 atom stereocenters. The number of hydrogen-bond donors (Lipinski definition) is 0. The summed E-state index contributed by atoms with van der Waals surface area (Å²) in [4.78, 5) is 25.1. The molecule has 0 heterocycles. The van der Waals surface area contributed by atoms with Crippen molar-refractivity contribution in [1.82, 2.24) is 0 Å².